The molecule has 1 atom stereocenters. The highest BCUT2D eigenvalue weighted by Crippen LogP contribution is 2.08. The van der Waals surface area contributed by atoms with Gasteiger partial charge in [-0.25, -0.2) is 4.79 Å². The van der Waals surface area contributed by atoms with Gasteiger partial charge in [-0.3, -0.25) is 4.90 Å². The quantitative estimate of drug-likeness (QED) is 0.878. The zero-order valence-corrected chi connectivity index (χ0v) is 12.7. The SMILES string of the molecule is O=C(NCc1ccco1)N1CCN(C[C@@H]2COCCO2)CC1. The molecule has 122 valence electrons. The Balaban J connectivity index is 1.36. The number of piperazine rings is 1. The molecule has 2 saturated heterocycles. The maximum Gasteiger partial charge on any atom is 0.317 e. The second kappa shape index (κ2) is 7.62. The van der Waals surface area contributed by atoms with Gasteiger partial charge in [-0.1, -0.05) is 0 Å². The van der Waals surface area contributed by atoms with Crippen molar-refractivity contribution in [2.45, 2.75) is 12.6 Å². The van der Waals surface area contributed by atoms with Gasteiger partial charge in [-0.15, -0.1) is 0 Å². The third-order valence-corrected chi connectivity index (χ3v) is 4.00. The van der Waals surface area contributed by atoms with Gasteiger partial charge in [-0.2, -0.15) is 0 Å². The fourth-order valence-electron chi connectivity index (χ4n) is 2.75. The molecule has 1 N–H and O–H groups in total. The lowest BCUT2D eigenvalue weighted by atomic mass is 10.2. The first-order chi connectivity index (χ1) is 10.8. The zero-order chi connectivity index (χ0) is 15.2. The molecule has 0 aliphatic carbocycles. The normalized spacial score (nSPS) is 23.5. The minimum absolute atomic E-state index is 0.0340. The van der Waals surface area contributed by atoms with Gasteiger partial charge in [0.25, 0.3) is 0 Å². The number of carbonyl (C=O) groups excluding carboxylic acids is 1. The molecule has 1 aromatic heterocycles. The van der Waals surface area contributed by atoms with Crippen LogP contribution in [0.2, 0.25) is 0 Å². The topological polar surface area (TPSA) is 67.2 Å². The number of hydrogen-bond donors (Lipinski definition) is 1. The van der Waals surface area contributed by atoms with Crippen LogP contribution in [0.15, 0.2) is 22.8 Å². The molecule has 0 radical (unpaired) electrons. The van der Waals surface area contributed by atoms with Crippen molar-refractivity contribution in [1.29, 1.82) is 0 Å². The van der Waals surface area contributed by atoms with Crippen LogP contribution >= 0.6 is 0 Å². The lowest BCUT2D eigenvalue weighted by Gasteiger charge is -2.36. The number of nitrogens with one attached hydrogen (secondary N) is 1. The van der Waals surface area contributed by atoms with Gasteiger partial charge < -0.3 is 24.1 Å². The molecule has 2 amide bonds. The molecule has 2 fully saturated rings. The van der Waals surface area contributed by atoms with Crippen LogP contribution in [0.4, 0.5) is 4.79 Å². The van der Waals surface area contributed by atoms with Crippen molar-refractivity contribution in [2.75, 3.05) is 52.5 Å². The van der Waals surface area contributed by atoms with E-state index in [9.17, 15) is 4.79 Å². The molecule has 0 bridgehead atoms. The summed E-state index contributed by atoms with van der Waals surface area (Å²) in [5.74, 6) is 0.765. The van der Waals surface area contributed by atoms with E-state index < -0.39 is 0 Å². The third kappa shape index (κ3) is 4.22. The fraction of sp³-hybridized carbons (Fsp3) is 0.667. The summed E-state index contributed by atoms with van der Waals surface area (Å²) in [6.45, 7) is 6.56. The zero-order valence-electron chi connectivity index (χ0n) is 12.7. The van der Waals surface area contributed by atoms with E-state index in [-0.39, 0.29) is 12.1 Å². The first-order valence-electron chi connectivity index (χ1n) is 7.78. The van der Waals surface area contributed by atoms with Crippen molar-refractivity contribution in [3.05, 3.63) is 24.2 Å². The second-order valence-corrected chi connectivity index (χ2v) is 5.59. The Morgan fingerprint density at radius 2 is 2.14 bits per heavy atom. The van der Waals surface area contributed by atoms with Gasteiger partial charge in [-0.05, 0) is 12.1 Å². The third-order valence-electron chi connectivity index (χ3n) is 4.00. The van der Waals surface area contributed by atoms with E-state index >= 15 is 0 Å². The number of hydrogen-bond acceptors (Lipinski definition) is 5. The first-order valence-corrected chi connectivity index (χ1v) is 7.78. The average molecular weight is 309 g/mol. The lowest BCUT2D eigenvalue weighted by Crippen LogP contribution is -2.53. The second-order valence-electron chi connectivity index (χ2n) is 5.59. The number of urea groups is 1. The highest BCUT2D eigenvalue weighted by atomic mass is 16.6. The van der Waals surface area contributed by atoms with Crippen molar-refractivity contribution in [3.63, 3.8) is 0 Å². The molecule has 22 heavy (non-hydrogen) atoms. The van der Waals surface area contributed by atoms with Crippen LogP contribution in [0.25, 0.3) is 0 Å². The van der Waals surface area contributed by atoms with E-state index in [0.717, 1.165) is 38.5 Å². The van der Waals surface area contributed by atoms with Crippen molar-refractivity contribution in [2.24, 2.45) is 0 Å². The minimum atomic E-state index is -0.0340. The van der Waals surface area contributed by atoms with Crippen molar-refractivity contribution < 1.29 is 18.7 Å². The van der Waals surface area contributed by atoms with E-state index in [2.05, 4.69) is 10.2 Å². The summed E-state index contributed by atoms with van der Waals surface area (Å²) in [6.07, 6.45) is 1.77. The number of rotatable bonds is 4. The predicted octanol–water partition coefficient (Wildman–Crippen LogP) is 0.522. The number of carbonyl (C=O) groups is 1. The van der Waals surface area contributed by atoms with Gasteiger partial charge in [0.15, 0.2) is 0 Å². The molecule has 0 saturated carbocycles. The molecule has 2 aliphatic rings. The smallest absolute Gasteiger partial charge is 0.317 e. The Bertz CT molecular complexity index is 451. The Kier molecular flexibility index (Phi) is 5.31. The number of furan rings is 1. The molecule has 3 rings (SSSR count). The van der Waals surface area contributed by atoms with Crippen LogP contribution in [0.1, 0.15) is 5.76 Å². The van der Waals surface area contributed by atoms with Gasteiger partial charge in [0.05, 0.1) is 38.7 Å². The summed E-state index contributed by atoms with van der Waals surface area (Å²) in [7, 11) is 0. The maximum atomic E-state index is 12.1. The molecule has 2 aliphatic heterocycles. The monoisotopic (exact) mass is 309 g/mol. The lowest BCUT2D eigenvalue weighted by molar-refractivity contribution is -0.0993. The molecule has 3 heterocycles. The highest BCUT2D eigenvalue weighted by molar-refractivity contribution is 5.74. The van der Waals surface area contributed by atoms with E-state index in [1.54, 1.807) is 6.26 Å². The van der Waals surface area contributed by atoms with Crippen LogP contribution in [0.5, 0.6) is 0 Å². The predicted molar refractivity (Wildman–Crippen MR) is 79.5 cm³/mol. The molecule has 0 aromatic carbocycles. The minimum Gasteiger partial charge on any atom is -0.467 e. The largest absolute Gasteiger partial charge is 0.467 e. The summed E-state index contributed by atoms with van der Waals surface area (Å²) in [6, 6.07) is 3.63. The maximum absolute atomic E-state index is 12.1. The van der Waals surface area contributed by atoms with E-state index in [4.69, 9.17) is 13.9 Å². The molecule has 0 spiro atoms. The summed E-state index contributed by atoms with van der Waals surface area (Å²) in [5.41, 5.74) is 0. The van der Waals surface area contributed by atoms with E-state index in [1.807, 2.05) is 17.0 Å². The molecular formula is C15H23N3O4. The molecular weight excluding hydrogens is 286 g/mol. The van der Waals surface area contributed by atoms with E-state index in [1.165, 1.54) is 0 Å². The van der Waals surface area contributed by atoms with Crippen LogP contribution in [0.3, 0.4) is 0 Å². The van der Waals surface area contributed by atoms with Gasteiger partial charge in [0.1, 0.15) is 5.76 Å². The van der Waals surface area contributed by atoms with Crippen molar-refractivity contribution in [3.8, 4) is 0 Å². The Morgan fingerprint density at radius 3 is 2.82 bits per heavy atom. The van der Waals surface area contributed by atoms with Crippen molar-refractivity contribution in [1.82, 2.24) is 15.1 Å². The van der Waals surface area contributed by atoms with Crippen LogP contribution in [-0.2, 0) is 16.0 Å². The van der Waals surface area contributed by atoms with Crippen LogP contribution in [0, 0.1) is 0 Å². The van der Waals surface area contributed by atoms with E-state index in [0.29, 0.717) is 26.4 Å². The molecule has 0 unspecified atom stereocenters. The number of amides is 2. The van der Waals surface area contributed by atoms with Gasteiger partial charge >= 0.3 is 6.03 Å². The number of ether oxygens (including phenoxy) is 2. The first kappa shape index (κ1) is 15.3. The van der Waals surface area contributed by atoms with Gasteiger partial charge in [0, 0.05) is 32.7 Å². The summed E-state index contributed by atoms with van der Waals surface area (Å²) < 4.78 is 16.3. The Hall–Kier alpha value is -1.57. The van der Waals surface area contributed by atoms with Gasteiger partial charge in [0.2, 0.25) is 0 Å². The summed E-state index contributed by atoms with van der Waals surface area (Å²) in [5, 5.41) is 2.88. The Morgan fingerprint density at radius 1 is 1.27 bits per heavy atom. The van der Waals surface area contributed by atoms with Crippen LogP contribution < -0.4 is 5.32 Å². The molecule has 7 heteroatoms. The summed E-state index contributed by atoms with van der Waals surface area (Å²) >= 11 is 0. The standard InChI is InChI=1S/C15H23N3O4/c19-15(16-10-13-2-1-7-21-13)18-5-3-17(4-6-18)11-14-12-20-8-9-22-14/h1-2,7,14H,3-6,8-12H2,(H,16,19)/t14-/m1/s1. The fourth-order valence-corrected chi connectivity index (χ4v) is 2.75. The number of nitrogens with zero attached hydrogens (tertiary/aromatic N) is 2. The molecule has 7 nitrogen and oxygen atoms in total. The highest BCUT2D eigenvalue weighted by Gasteiger charge is 2.24. The van der Waals surface area contributed by atoms with Crippen molar-refractivity contribution >= 4 is 6.03 Å². The van der Waals surface area contributed by atoms with Crippen LogP contribution in [-0.4, -0.2) is 74.5 Å². The average Bonchev–Trinajstić information content (AvgIpc) is 3.08. The molecule has 1 aromatic rings. The Labute approximate surface area is 130 Å². The summed E-state index contributed by atoms with van der Waals surface area (Å²) in [4.78, 5) is 16.3.